The van der Waals surface area contributed by atoms with E-state index < -0.39 is 0 Å². The molecule has 2 aromatic carbocycles. The molecule has 0 aliphatic heterocycles. The van der Waals surface area contributed by atoms with E-state index in [0.717, 1.165) is 33.7 Å². The monoisotopic (exact) mass is 280 g/mol. The Morgan fingerprint density at radius 1 is 1.00 bits per heavy atom. The Balaban J connectivity index is 2.06. The fourth-order valence-electron chi connectivity index (χ4n) is 2.23. The number of nitrogen functional groups attached to an aromatic ring is 1. The molecule has 0 aliphatic carbocycles. The van der Waals surface area contributed by atoms with Gasteiger partial charge in [0, 0.05) is 23.3 Å². The number of methoxy groups -OCH3 is 1. The van der Waals surface area contributed by atoms with Crippen molar-refractivity contribution in [2.24, 2.45) is 0 Å². The van der Waals surface area contributed by atoms with Gasteiger partial charge in [0.2, 0.25) is 0 Å². The van der Waals surface area contributed by atoms with Crippen LogP contribution in [0, 0.1) is 6.92 Å². The van der Waals surface area contributed by atoms with E-state index in [9.17, 15) is 0 Å². The van der Waals surface area contributed by atoms with Crippen LogP contribution in [0.3, 0.4) is 0 Å². The fourth-order valence-corrected chi connectivity index (χ4v) is 2.23. The highest BCUT2D eigenvalue weighted by Crippen LogP contribution is 2.32. The summed E-state index contributed by atoms with van der Waals surface area (Å²) < 4.78 is 11.3. The average molecular weight is 280 g/mol. The molecule has 4 heteroatoms. The van der Waals surface area contributed by atoms with Gasteiger partial charge in [-0.3, -0.25) is 4.98 Å². The smallest absolute Gasteiger partial charge is 0.138 e. The summed E-state index contributed by atoms with van der Waals surface area (Å²) in [5.41, 5.74) is 8.27. The van der Waals surface area contributed by atoms with E-state index in [0.29, 0.717) is 5.69 Å². The predicted octanol–water partition coefficient (Wildman–Crippen LogP) is 3.93. The largest absolute Gasteiger partial charge is 0.496 e. The summed E-state index contributed by atoms with van der Waals surface area (Å²) >= 11 is 0. The highest BCUT2D eigenvalue weighted by molar-refractivity contribution is 5.87. The number of ether oxygens (including phenoxy) is 2. The van der Waals surface area contributed by atoms with Crippen molar-refractivity contribution in [3.05, 3.63) is 54.2 Å². The summed E-state index contributed by atoms with van der Waals surface area (Å²) in [5, 5.41) is 0.952. The molecule has 0 saturated carbocycles. The second-order valence-electron chi connectivity index (χ2n) is 4.82. The number of aryl methyl sites for hydroxylation is 1. The van der Waals surface area contributed by atoms with Crippen molar-refractivity contribution < 1.29 is 9.47 Å². The van der Waals surface area contributed by atoms with Gasteiger partial charge in [0.1, 0.15) is 17.2 Å². The Morgan fingerprint density at radius 2 is 1.76 bits per heavy atom. The Morgan fingerprint density at radius 3 is 2.48 bits per heavy atom. The molecule has 0 atom stereocenters. The number of hydrogen-bond donors (Lipinski definition) is 1. The summed E-state index contributed by atoms with van der Waals surface area (Å²) in [6, 6.07) is 13.1. The van der Waals surface area contributed by atoms with Crippen LogP contribution in [0.25, 0.3) is 10.9 Å². The number of nitrogens with two attached hydrogens (primary N) is 1. The van der Waals surface area contributed by atoms with Gasteiger partial charge in [0.05, 0.1) is 12.6 Å². The molecule has 1 heterocycles. The number of fused-ring (bicyclic) bond motifs is 1. The summed E-state index contributed by atoms with van der Waals surface area (Å²) in [5.74, 6) is 2.32. The minimum Gasteiger partial charge on any atom is -0.496 e. The molecule has 0 amide bonds. The maximum Gasteiger partial charge on any atom is 0.138 e. The van der Waals surface area contributed by atoms with Crippen LogP contribution in [0.1, 0.15) is 5.56 Å². The van der Waals surface area contributed by atoms with Gasteiger partial charge in [0.25, 0.3) is 0 Å². The quantitative estimate of drug-likeness (QED) is 0.739. The molecule has 0 radical (unpaired) electrons. The summed E-state index contributed by atoms with van der Waals surface area (Å²) in [4.78, 5) is 4.37. The van der Waals surface area contributed by atoms with Gasteiger partial charge in [-0.2, -0.15) is 0 Å². The maximum absolute atomic E-state index is 5.94. The lowest BCUT2D eigenvalue weighted by atomic mass is 10.1. The number of aromatic nitrogens is 1. The van der Waals surface area contributed by atoms with Gasteiger partial charge in [-0.1, -0.05) is 0 Å². The number of nitrogens with zero attached hydrogens (tertiary/aromatic N) is 1. The van der Waals surface area contributed by atoms with Crippen molar-refractivity contribution in [2.75, 3.05) is 12.8 Å². The van der Waals surface area contributed by atoms with Gasteiger partial charge >= 0.3 is 0 Å². The molecule has 0 spiro atoms. The second-order valence-corrected chi connectivity index (χ2v) is 4.82. The molecule has 0 saturated heterocycles. The van der Waals surface area contributed by atoms with Crippen molar-refractivity contribution in [1.82, 2.24) is 4.98 Å². The van der Waals surface area contributed by atoms with E-state index >= 15 is 0 Å². The number of rotatable bonds is 3. The second kappa shape index (κ2) is 5.32. The molecule has 2 N–H and O–H groups in total. The van der Waals surface area contributed by atoms with E-state index in [-0.39, 0.29) is 0 Å². The molecule has 0 aliphatic rings. The molecule has 3 aromatic rings. The highest BCUT2D eigenvalue weighted by atomic mass is 16.5. The molecule has 21 heavy (non-hydrogen) atoms. The molecule has 3 rings (SSSR count). The average Bonchev–Trinajstić information content (AvgIpc) is 2.49. The molecule has 106 valence electrons. The first-order chi connectivity index (χ1) is 10.2. The topological polar surface area (TPSA) is 57.4 Å². The zero-order valence-electron chi connectivity index (χ0n) is 12.0. The van der Waals surface area contributed by atoms with Crippen LogP contribution in [-0.2, 0) is 0 Å². The molecule has 4 nitrogen and oxygen atoms in total. The van der Waals surface area contributed by atoms with Crippen molar-refractivity contribution in [3.63, 3.8) is 0 Å². The van der Waals surface area contributed by atoms with Crippen LogP contribution in [0.5, 0.6) is 17.2 Å². The number of benzene rings is 2. The minimum absolute atomic E-state index is 0.711. The van der Waals surface area contributed by atoms with E-state index in [1.54, 1.807) is 13.3 Å². The SMILES string of the molecule is COc1cc2nccc(Oc3ccc(N)cc3)c2cc1C. The van der Waals surface area contributed by atoms with Crippen molar-refractivity contribution in [3.8, 4) is 17.2 Å². The first-order valence-electron chi connectivity index (χ1n) is 6.64. The third kappa shape index (κ3) is 2.60. The van der Waals surface area contributed by atoms with E-state index in [1.807, 2.05) is 49.4 Å². The molecule has 1 aromatic heterocycles. The molecule has 0 unspecified atom stereocenters. The molecule has 0 fully saturated rings. The summed E-state index contributed by atoms with van der Waals surface area (Å²) in [6.45, 7) is 2.00. The lowest BCUT2D eigenvalue weighted by molar-refractivity contribution is 0.412. The van der Waals surface area contributed by atoms with Crippen LogP contribution in [0.2, 0.25) is 0 Å². The zero-order chi connectivity index (χ0) is 14.8. The van der Waals surface area contributed by atoms with E-state index in [1.165, 1.54) is 0 Å². The van der Waals surface area contributed by atoms with Crippen LogP contribution >= 0.6 is 0 Å². The standard InChI is InChI=1S/C17H16N2O2/c1-11-9-14-15(10-17(11)20-2)19-8-7-16(14)21-13-5-3-12(18)4-6-13/h3-10H,18H2,1-2H3. The zero-order valence-corrected chi connectivity index (χ0v) is 12.0. The van der Waals surface area contributed by atoms with Gasteiger partial charge in [0.15, 0.2) is 0 Å². The molecule has 0 bridgehead atoms. The van der Waals surface area contributed by atoms with Crippen LogP contribution in [-0.4, -0.2) is 12.1 Å². The van der Waals surface area contributed by atoms with Gasteiger partial charge < -0.3 is 15.2 Å². The van der Waals surface area contributed by atoms with E-state index in [2.05, 4.69) is 4.98 Å². The Bertz CT molecular complexity index is 783. The third-order valence-corrected chi connectivity index (χ3v) is 3.33. The molecular formula is C17H16N2O2. The van der Waals surface area contributed by atoms with Crippen LogP contribution in [0.4, 0.5) is 5.69 Å². The normalized spacial score (nSPS) is 10.6. The fraction of sp³-hybridized carbons (Fsp3) is 0.118. The Hall–Kier alpha value is -2.75. The lowest BCUT2D eigenvalue weighted by Crippen LogP contribution is -1.92. The van der Waals surface area contributed by atoms with Crippen molar-refractivity contribution >= 4 is 16.6 Å². The summed E-state index contributed by atoms with van der Waals surface area (Å²) in [6.07, 6.45) is 1.73. The first-order valence-corrected chi connectivity index (χ1v) is 6.64. The molecular weight excluding hydrogens is 264 g/mol. The van der Waals surface area contributed by atoms with E-state index in [4.69, 9.17) is 15.2 Å². The van der Waals surface area contributed by atoms with Gasteiger partial charge in [-0.25, -0.2) is 0 Å². The van der Waals surface area contributed by atoms with Crippen LogP contribution < -0.4 is 15.2 Å². The van der Waals surface area contributed by atoms with Crippen molar-refractivity contribution in [2.45, 2.75) is 6.92 Å². The van der Waals surface area contributed by atoms with Gasteiger partial charge in [-0.15, -0.1) is 0 Å². The maximum atomic E-state index is 5.94. The third-order valence-electron chi connectivity index (χ3n) is 3.33. The Kier molecular flexibility index (Phi) is 3.36. The Labute approximate surface area is 123 Å². The number of anilines is 1. The number of pyridine rings is 1. The van der Waals surface area contributed by atoms with Crippen molar-refractivity contribution in [1.29, 1.82) is 0 Å². The van der Waals surface area contributed by atoms with Gasteiger partial charge in [-0.05, 0) is 48.9 Å². The predicted molar refractivity (Wildman–Crippen MR) is 84.0 cm³/mol. The lowest BCUT2D eigenvalue weighted by Gasteiger charge is -2.11. The first kappa shape index (κ1) is 13.2. The number of hydrogen-bond acceptors (Lipinski definition) is 4. The van der Waals surface area contributed by atoms with Crippen LogP contribution in [0.15, 0.2) is 48.7 Å². The minimum atomic E-state index is 0.711. The summed E-state index contributed by atoms with van der Waals surface area (Å²) in [7, 11) is 1.66. The highest BCUT2D eigenvalue weighted by Gasteiger charge is 2.08.